The van der Waals surface area contributed by atoms with Crippen LogP contribution in [0.3, 0.4) is 0 Å². The first-order valence-corrected chi connectivity index (χ1v) is 12.3. The number of carbonyl (C=O) groups excluding carboxylic acids is 2. The number of halogens is 1. The summed E-state index contributed by atoms with van der Waals surface area (Å²) >= 11 is 3.88. The molecule has 0 bridgehead atoms. The molecule has 5 heteroatoms. The number of amides is 2. The first-order valence-electron chi connectivity index (χ1n) is 11.5. The summed E-state index contributed by atoms with van der Waals surface area (Å²) < 4.78 is -0.670. The van der Waals surface area contributed by atoms with Gasteiger partial charge in [-0.2, -0.15) is 0 Å². The summed E-state index contributed by atoms with van der Waals surface area (Å²) in [5.41, 5.74) is 3.32. The van der Waals surface area contributed by atoms with Gasteiger partial charge in [-0.05, 0) is 49.2 Å². The number of rotatable bonds is 6. The number of unbranched alkanes of at least 4 members (excludes halogenated alkanes) is 1. The van der Waals surface area contributed by atoms with Crippen molar-refractivity contribution in [1.29, 1.82) is 0 Å². The fourth-order valence-electron chi connectivity index (χ4n) is 4.57. The molecule has 4 rings (SSSR count). The van der Waals surface area contributed by atoms with Crippen LogP contribution >= 0.6 is 15.9 Å². The van der Waals surface area contributed by atoms with Crippen molar-refractivity contribution in [3.8, 4) is 0 Å². The van der Waals surface area contributed by atoms with Crippen LogP contribution in [0.15, 0.2) is 84.9 Å². The SMILES string of the molecule is CCCCC(=O)N(c1ccccc1)C1CC(C)(Br)N(C(=O)c2ccccc2)c2ccccc21. The Hall–Kier alpha value is -2.92. The molecule has 3 aromatic rings. The largest absolute Gasteiger partial charge is 0.305 e. The van der Waals surface area contributed by atoms with Gasteiger partial charge in [-0.1, -0.05) is 83.9 Å². The highest BCUT2D eigenvalue weighted by atomic mass is 79.9. The highest BCUT2D eigenvalue weighted by molar-refractivity contribution is 9.10. The van der Waals surface area contributed by atoms with E-state index in [1.165, 1.54) is 0 Å². The lowest BCUT2D eigenvalue weighted by Gasteiger charge is -2.48. The predicted molar refractivity (Wildman–Crippen MR) is 138 cm³/mol. The van der Waals surface area contributed by atoms with Gasteiger partial charge in [-0.15, -0.1) is 0 Å². The van der Waals surface area contributed by atoms with Gasteiger partial charge in [0.25, 0.3) is 5.91 Å². The highest BCUT2D eigenvalue weighted by Gasteiger charge is 2.45. The summed E-state index contributed by atoms with van der Waals surface area (Å²) in [4.78, 5) is 30.9. The Morgan fingerprint density at radius 3 is 2.24 bits per heavy atom. The maximum absolute atomic E-state index is 13.6. The van der Waals surface area contributed by atoms with E-state index < -0.39 is 4.45 Å². The molecule has 0 spiro atoms. The number of nitrogens with zero attached hydrogens (tertiary/aromatic N) is 2. The van der Waals surface area contributed by atoms with Gasteiger partial charge in [0.15, 0.2) is 0 Å². The molecule has 0 saturated heterocycles. The average Bonchev–Trinajstić information content (AvgIpc) is 2.83. The normalized spacial score (nSPS) is 19.6. The average molecular weight is 505 g/mol. The topological polar surface area (TPSA) is 40.6 Å². The molecule has 170 valence electrons. The summed E-state index contributed by atoms with van der Waals surface area (Å²) in [6, 6.07) is 26.9. The second-order valence-corrected chi connectivity index (χ2v) is 10.3. The van der Waals surface area contributed by atoms with E-state index in [0.717, 1.165) is 29.8 Å². The Balaban J connectivity index is 1.82. The third-order valence-corrected chi connectivity index (χ3v) is 6.83. The van der Waals surface area contributed by atoms with Crippen molar-refractivity contribution in [2.24, 2.45) is 0 Å². The summed E-state index contributed by atoms with van der Waals surface area (Å²) in [5.74, 6) is 0.0402. The predicted octanol–water partition coefficient (Wildman–Crippen LogP) is 7.11. The van der Waals surface area contributed by atoms with Gasteiger partial charge < -0.3 is 4.90 Å². The number of carbonyl (C=O) groups is 2. The number of fused-ring (bicyclic) bond motifs is 1. The Bertz CT molecular complexity index is 1120. The summed E-state index contributed by atoms with van der Waals surface area (Å²) in [6.45, 7) is 4.11. The summed E-state index contributed by atoms with van der Waals surface area (Å²) in [5, 5.41) is 0. The zero-order valence-corrected chi connectivity index (χ0v) is 20.7. The Labute approximate surface area is 204 Å². The minimum absolute atomic E-state index is 0.0653. The Morgan fingerprint density at radius 1 is 0.970 bits per heavy atom. The first kappa shape index (κ1) is 23.2. The minimum Gasteiger partial charge on any atom is -0.305 e. The zero-order chi connectivity index (χ0) is 23.4. The molecule has 0 aliphatic carbocycles. The Morgan fingerprint density at radius 2 is 1.58 bits per heavy atom. The second-order valence-electron chi connectivity index (χ2n) is 8.63. The molecule has 3 aromatic carbocycles. The van der Waals surface area contributed by atoms with Gasteiger partial charge in [-0.3, -0.25) is 14.5 Å². The van der Waals surface area contributed by atoms with Crippen molar-refractivity contribution in [1.82, 2.24) is 0 Å². The number of hydrogen-bond acceptors (Lipinski definition) is 2. The zero-order valence-electron chi connectivity index (χ0n) is 19.1. The number of anilines is 2. The van der Waals surface area contributed by atoms with Gasteiger partial charge in [0.1, 0.15) is 4.45 Å². The summed E-state index contributed by atoms with van der Waals surface area (Å²) in [7, 11) is 0. The van der Waals surface area contributed by atoms with Crippen LogP contribution in [-0.4, -0.2) is 16.3 Å². The molecule has 4 nitrogen and oxygen atoms in total. The lowest BCUT2D eigenvalue weighted by molar-refractivity contribution is -0.119. The van der Waals surface area contributed by atoms with Crippen molar-refractivity contribution in [2.45, 2.75) is 50.0 Å². The van der Waals surface area contributed by atoms with Crippen molar-refractivity contribution < 1.29 is 9.59 Å². The molecule has 1 aliphatic rings. The maximum Gasteiger partial charge on any atom is 0.259 e. The third-order valence-electron chi connectivity index (χ3n) is 6.15. The quantitative estimate of drug-likeness (QED) is 0.265. The molecule has 2 unspecified atom stereocenters. The van der Waals surface area contributed by atoms with Crippen LogP contribution < -0.4 is 9.80 Å². The van der Waals surface area contributed by atoms with Crippen molar-refractivity contribution in [3.05, 3.63) is 96.1 Å². The monoisotopic (exact) mass is 504 g/mol. The van der Waals surface area contributed by atoms with Crippen molar-refractivity contribution in [2.75, 3.05) is 9.80 Å². The van der Waals surface area contributed by atoms with Crippen LogP contribution in [0.2, 0.25) is 0 Å². The van der Waals surface area contributed by atoms with Gasteiger partial charge in [0.2, 0.25) is 5.91 Å². The molecule has 33 heavy (non-hydrogen) atoms. The molecule has 0 N–H and O–H groups in total. The van der Waals surface area contributed by atoms with E-state index >= 15 is 0 Å². The molecular formula is C28H29BrN2O2. The number of benzene rings is 3. The van der Waals surface area contributed by atoms with Gasteiger partial charge >= 0.3 is 0 Å². The van der Waals surface area contributed by atoms with Crippen LogP contribution in [0.5, 0.6) is 0 Å². The van der Waals surface area contributed by atoms with Crippen LogP contribution in [-0.2, 0) is 4.79 Å². The molecule has 0 aromatic heterocycles. The summed E-state index contributed by atoms with van der Waals surface area (Å²) in [6.07, 6.45) is 2.87. The maximum atomic E-state index is 13.6. The lowest BCUT2D eigenvalue weighted by Crippen LogP contribution is -2.53. The number of alkyl halides is 1. The van der Waals surface area contributed by atoms with E-state index in [0.29, 0.717) is 18.4 Å². The van der Waals surface area contributed by atoms with Crippen molar-refractivity contribution in [3.63, 3.8) is 0 Å². The highest BCUT2D eigenvalue weighted by Crippen LogP contribution is 2.49. The fraction of sp³-hybridized carbons (Fsp3) is 0.286. The smallest absolute Gasteiger partial charge is 0.259 e. The third kappa shape index (κ3) is 4.74. The van der Waals surface area contributed by atoms with E-state index in [1.807, 2.05) is 102 Å². The molecule has 1 heterocycles. The fourth-order valence-corrected chi connectivity index (χ4v) is 5.23. The van der Waals surface area contributed by atoms with E-state index in [2.05, 4.69) is 22.9 Å². The van der Waals surface area contributed by atoms with Gasteiger partial charge in [0, 0.05) is 24.1 Å². The van der Waals surface area contributed by atoms with Crippen LogP contribution in [0.1, 0.15) is 61.5 Å². The van der Waals surface area contributed by atoms with Gasteiger partial charge in [0.05, 0.1) is 11.7 Å². The van der Waals surface area contributed by atoms with Crippen LogP contribution in [0.4, 0.5) is 11.4 Å². The van der Waals surface area contributed by atoms with E-state index in [4.69, 9.17) is 0 Å². The van der Waals surface area contributed by atoms with Crippen LogP contribution in [0, 0.1) is 0 Å². The second kappa shape index (κ2) is 9.92. The molecule has 2 amide bonds. The van der Waals surface area contributed by atoms with Crippen molar-refractivity contribution >= 4 is 39.1 Å². The molecule has 0 saturated carbocycles. The number of para-hydroxylation sites is 2. The lowest BCUT2D eigenvalue weighted by atomic mass is 9.89. The molecule has 1 aliphatic heterocycles. The molecular weight excluding hydrogens is 476 g/mol. The minimum atomic E-state index is -0.670. The van der Waals surface area contributed by atoms with E-state index in [9.17, 15) is 9.59 Å². The van der Waals surface area contributed by atoms with Crippen LogP contribution in [0.25, 0.3) is 0 Å². The molecule has 2 atom stereocenters. The first-order chi connectivity index (χ1) is 15.9. The van der Waals surface area contributed by atoms with Gasteiger partial charge in [-0.25, -0.2) is 0 Å². The Kier molecular flexibility index (Phi) is 6.99. The molecule has 0 radical (unpaired) electrons. The van der Waals surface area contributed by atoms with E-state index in [-0.39, 0.29) is 17.9 Å². The number of hydrogen-bond donors (Lipinski definition) is 0. The molecule has 0 fully saturated rings. The van der Waals surface area contributed by atoms with E-state index in [1.54, 1.807) is 0 Å². The standard InChI is InChI=1S/C28H29BrN2O2/c1-3-4-19-26(32)30(22-15-9-6-10-16-22)25-20-28(2,29)31(24-18-12-11-17-23(24)25)27(33)21-13-7-5-8-14-21/h5-18,25H,3-4,19-20H2,1-2H3.